The number of hydrogen-bond donors (Lipinski definition) is 1. The van der Waals surface area contributed by atoms with Gasteiger partial charge in [0.05, 0.1) is 18.5 Å². The lowest BCUT2D eigenvalue weighted by atomic mass is 10.2. The van der Waals surface area contributed by atoms with Crippen molar-refractivity contribution in [3.8, 4) is 5.75 Å². The molecule has 0 atom stereocenters. The second kappa shape index (κ2) is 8.87. The van der Waals surface area contributed by atoms with E-state index in [4.69, 9.17) is 20.8 Å². The number of nitrogens with zero attached hydrogens (tertiary/aromatic N) is 1. The van der Waals surface area contributed by atoms with Gasteiger partial charge in [-0.05, 0) is 60.2 Å². The predicted octanol–water partition coefficient (Wildman–Crippen LogP) is 4.38. The van der Waals surface area contributed by atoms with E-state index in [1.807, 2.05) is 24.3 Å². The fraction of sp³-hybridized carbons (Fsp3) is 0.100. The summed E-state index contributed by atoms with van der Waals surface area (Å²) in [4.78, 5) is 16.1. The third kappa shape index (κ3) is 5.50. The molecule has 132 valence electrons. The molecule has 0 bridgehead atoms. The van der Waals surface area contributed by atoms with Gasteiger partial charge in [-0.1, -0.05) is 17.7 Å². The Kier molecular flexibility index (Phi) is 6.06. The normalized spacial score (nSPS) is 10.8. The minimum Gasteiger partial charge on any atom is -0.484 e. The molecule has 5 nitrogen and oxygen atoms in total. The number of hydrogen-bond acceptors (Lipinski definition) is 4. The van der Waals surface area contributed by atoms with Crippen LogP contribution in [0.4, 0.5) is 5.69 Å². The van der Waals surface area contributed by atoms with Crippen LogP contribution in [-0.2, 0) is 11.3 Å². The number of aliphatic imine (C=N–C) groups is 1. The maximum atomic E-state index is 11.8. The lowest BCUT2D eigenvalue weighted by molar-refractivity contribution is -0.123. The van der Waals surface area contributed by atoms with Gasteiger partial charge in [0.1, 0.15) is 11.5 Å². The number of carbonyl (C=O) groups excluding carboxylic acids is 1. The van der Waals surface area contributed by atoms with Gasteiger partial charge in [-0.25, -0.2) is 0 Å². The number of amides is 1. The number of furan rings is 1. The highest BCUT2D eigenvalue weighted by Gasteiger charge is 2.04. The van der Waals surface area contributed by atoms with Gasteiger partial charge in [0.25, 0.3) is 5.91 Å². The molecule has 1 amide bonds. The Bertz CT molecular complexity index is 874. The van der Waals surface area contributed by atoms with E-state index in [0.29, 0.717) is 23.1 Å². The van der Waals surface area contributed by atoms with Gasteiger partial charge in [-0.3, -0.25) is 9.79 Å². The van der Waals surface area contributed by atoms with Crippen molar-refractivity contribution in [3.05, 3.63) is 83.3 Å². The summed E-state index contributed by atoms with van der Waals surface area (Å²) in [7, 11) is 0. The zero-order valence-corrected chi connectivity index (χ0v) is 14.6. The molecule has 2 aromatic carbocycles. The Morgan fingerprint density at radius 1 is 1.15 bits per heavy atom. The average molecular weight is 369 g/mol. The third-order valence-electron chi connectivity index (χ3n) is 3.46. The standard InChI is InChI=1S/C20H17ClN2O3/c21-16-3-1-4-17(11-16)22-12-15-6-8-18(9-7-15)26-14-20(24)23-13-19-5-2-10-25-19/h1-12H,13-14H2,(H,23,24). The Morgan fingerprint density at radius 3 is 2.73 bits per heavy atom. The fourth-order valence-electron chi connectivity index (χ4n) is 2.15. The highest BCUT2D eigenvalue weighted by molar-refractivity contribution is 6.30. The summed E-state index contributed by atoms with van der Waals surface area (Å²) >= 11 is 5.93. The van der Waals surface area contributed by atoms with E-state index in [9.17, 15) is 4.79 Å². The van der Waals surface area contributed by atoms with Crippen LogP contribution in [0.2, 0.25) is 5.02 Å². The lowest BCUT2D eigenvalue weighted by Crippen LogP contribution is -2.28. The second-order valence-corrected chi connectivity index (χ2v) is 5.89. The smallest absolute Gasteiger partial charge is 0.258 e. The molecule has 0 aliphatic carbocycles. The van der Waals surface area contributed by atoms with Crippen molar-refractivity contribution in [2.24, 2.45) is 4.99 Å². The Balaban J connectivity index is 1.47. The number of nitrogens with one attached hydrogen (secondary N) is 1. The molecular formula is C20H17ClN2O3. The van der Waals surface area contributed by atoms with Gasteiger partial charge in [0.15, 0.2) is 6.61 Å². The summed E-state index contributed by atoms with van der Waals surface area (Å²) in [5, 5.41) is 3.37. The van der Waals surface area contributed by atoms with Crippen LogP contribution in [0.1, 0.15) is 11.3 Å². The van der Waals surface area contributed by atoms with Crippen molar-refractivity contribution < 1.29 is 13.9 Å². The summed E-state index contributed by atoms with van der Waals surface area (Å²) in [6.45, 7) is 0.282. The van der Waals surface area contributed by atoms with Gasteiger partial charge in [-0.15, -0.1) is 0 Å². The van der Waals surface area contributed by atoms with E-state index in [1.54, 1.807) is 48.9 Å². The van der Waals surface area contributed by atoms with Gasteiger partial charge in [0.2, 0.25) is 0 Å². The van der Waals surface area contributed by atoms with Crippen LogP contribution in [0.15, 0.2) is 76.3 Å². The van der Waals surface area contributed by atoms with Crippen LogP contribution >= 0.6 is 11.6 Å². The van der Waals surface area contributed by atoms with E-state index in [0.717, 1.165) is 11.3 Å². The van der Waals surface area contributed by atoms with Crippen LogP contribution in [0.3, 0.4) is 0 Å². The molecule has 3 rings (SSSR count). The number of ether oxygens (including phenoxy) is 1. The summed E-state index contributed by atoms with van der Waals surface area (Å²) in [5.41, 5.74) is 1.70. The molecular weight excluding hydrogens is 352 g/mol. The summed E-state index contributed by atoms with van der Waals surface area (Å²) in [6, 6.07) is 18.2. The number of rotatable bonds is 7. The van der Waals surface area contributed by atoms with E-state index in [2.05, 4.69) is 10.3 Å². The summed E-state index contributed by atoms with van der Waals surface area (Å²) < 4.78 is 10.6. The van der Waals surface area contributed by atoms with Crippen LogP contribution in [0.25, 0.3) is 0 Å². The SMILES string of the molecule is O=C(COc1ccc(C=Nc2cccc(Cl)c2)cc1)NCc1ccco1. The highest BCUT2D eigenvalue weighted by Crippen LogP contribution is 2.18. The molecule has 6 heteroatoms. The minimum atomic E-state index is -0.215. The number of halogens is 1. The van der Waals surface area contributed by atoms with E-state index < -0.39 is 0 Å². The average Bonchev–Trinajstić information content (AvgIpc) is 3.17. The molecule has 0 aliphatic rings. The van der Waals surface area contributed by atoms with Crippen LogP contribution in [-0.4, -0.2) is 18.7 Å². The first kappa shape index (κ1) is 17.8. The van der Waals surface area contributed by atoms with E-state index in [-0.39, 0.29) is 12.5 Å². The molecule has 0 saturated heterocycles. The fourth-order valence-corrected chi connectivity index (χ4v) is 2.34. The van der Waals surface area contributed by atoms with Crippen LogP contribution in [0, 0.1) is 0 Å². The molecule has 0 spiro atoms. The minimum absolute atomic E-state index is 0.0589. The van der Waals surface area contributed by atoms with E-state index in [1.165, 1.54) is 0 Å². The molecule has 0 saturated carbocycles. The van der Waals surface area contributed by atoms with Crippen LogP contribution < -0.4 is 10.1 Å². The highest BCUT2D eigenvalue weighted by atomic mass is 35.5. The second-order valence-electron chi connectivity index (χ2n) is 5.45. The van der Waals surface area contributed by atoms with Crippen LogP contribution in [0.5, 0.6) is 5.75 Å². The van der Waals surface area contributed by atoms with Crippen molar-refractivity contribution in [1.82, 2.24) is 5.32 Å². The van der Waals surface area contributed by atoms with Crippen molar-refractivity contribution >= 4 is 29.4 Å². The van der Waals surface area contributed by atoms with Crippen molar-refractivity contribution in [2.75, 3.05) is 6.61 Å². The topological polar surface area (TPSA) is 63.8 Å². The molecule has 0 fully saturated rings. The summed E-state index contributed by atoms with van der Waals surface area (Å²) in [5.74, 6) is 1.09. The van der Waals surface area contributed by atoms with Gasteiger partial charge < -0.3 is 14.5 Å². The Hall–Kier alpha value is -3.05. The molecule has 0 unspecified atom stereocenters. The molecule has 3 aromatic rings. The van der Waals surface area contributed by atoms with Gasteiger partial charge >= 0.3 is 0 Å². The summed E-state index contributed by atoms with van der Waals surface area (Å²) in [6.07, 6.45) is 3.31. The van der Waals surface area contributed by atoms with Gasteiger partial charge in [-0.2, -0.15) is 0 Å². The van der Waals surface area contributed by atoms with Gasteiger partial charge in [0, 0.05) is 11.2 Å². The monoisotopic (exact) mass is 368 g/mol. The zero-order valence-electron chi connectivity index (χ0n) is 13.9. The first-order chi connectivity index (χ1) is 12.7. The first-order valence-corrected chi connectivity index (χ1v) is 8.38. The zero-order chi connectivity index (χ0) is 18.2. The maximum Gasteiger partial charge on any atom is 0.258 e. The number of benzene rings is 2. The molecule has 1 aromatic heterocycles. The maximum absolute atomic E-state index is 11.8. The first-order valence-electron chi connectivity index (χ1n) is 8.00. The molecule has 1 N–H and O–H groups in total. The molecule has 26 heavy (non-hydrogen) atoms. The largest absolute Gasteiger partial charge is 0.484 e. The van der Waals surface area contributed by atoms with Crippen molar-refractivity contribution in [1.29, 1.82) is 0 Å². The number of carbonyl (C=O) groups is 1. The Morgan fingerprint density at radius 2 is 2.00 bits per heavy atom. The Labute approximate surface area is 156 Å². The third-order valence-corrected chi connectivity index (χ3v) is 3.70. The van der Waals surface area contributed by atoms with Crippen molar-refractivity contribution in [3.63, 3.8) is 0 Å². The van der Waals surface area contributed by atoms with E-state index >= 15 is 0 Å². The van der Waals surface area contributed by atoms with Crippen molar-refractivity contribution in [2.45, 2.75) is 6.54 Å². The molecule has 0 aliphatic heterocycles. The quantitative estimate of drug-likeness (QED) is 0.629. The molecule has 1 heterocycles. The predicted molar refractivity (Wildman–Crippen MR) is 101 cm³/mol. The lowest BCUT2D eigenvalue weighted by Gasteiger charge is -2.06. The molecule has 0 radical (unpaired) electrons.